The molecule has 0 saturated carbocycles. The summed E-state index contributed by atoms with van der Waals surface area (Å²) in [5.74, 6) is 0. The molecular formula is C49H82N4Pd. The monoisotopic (exact) mass is 833 g/mol. The van der Waals surface area contributed by atoms with Crippen molar-refractivity contribution in [2.24, 2.45) is 0 Å². The van der Waals surface area contributed by atoms with E-state index < -0.39 is 0 Å². The van der Waals surface area contributed by atoms with Crippen molar-refractivity contribution >= 4 is 11.4 Å². The first kappa shape index (κ1) is 48.3. The Labute approximate surface area is 343 Å². The van der Waals surface area contributed by atoms with E-state index >= 15 is 0 Å². The maximum atomic E-state index is 11.9. The molecule has 0 atom stereocenters. The number of unbranched alkanes of at least 4 members (excludes halogenated alkanes) is 13. The number of hydrogen-bond donors (Lipinski definition) is 0. The number of hydrogen-bond acceptors (Lipinski definition) is 2. The van der Waals surface area contributed by atoms with Gasteiger partial charge in [0, 0.05) is 22.3 Å². The third kappa shape index (κ3) is 17.5. The Balaban J connectivity index is 0.000000793. The van der Waals surface area contributed by atoms with Crippen molar-refractivity contribution in [3.63, 3.8) is 0 Å². The van der Waals surface area contributed by atoms with E-state index in [0.29, 0.717) is 18.5 Å². The molecule has 54 heavy (non-hydrogen) atoms. The van der Waals surface area contributed by atoms with Gasteiger partial charge in [-0.15, -0.1) is 0 Å². The van der Waals surface area contributed by atoms with Gasteiger partial charge in [-0.05, 0) is 86.8 Å². The standard InChI is InChI=1S/C41H62N2.2C4H10N.Pd/c1-5-9-13-15-17-20-22-34-26-30-36(31-27-34)40-38(24-12-8-4)39(25-19-11-7-3)41(43(40)42)37-32-28-35(29-33-37)23-21-18-16-14-10-6-2;2*1-3-5-4-2;/h26-33H,5-25H2,1-4H3;2*3-4H2,1-2H3;/q;2*-1;+2. The van der Waals surface area contributed by atoms with Crippen LogP contribution in [0.4, 0.5) is 0 Å². The molecule has 2 aromatic rings. The topological polar surface area (TPSA) is 31.8 Å². The molecule has 0 spiro atoms. The molecule has 5 heteroatoms. The van der Waals surface area contributed by atoms with E-state index in [4.69, 9.17) is 0 Å². The van der Waals surface area contributed by atoms with Gasteiger partial charge in [0.15, 0.2) is 0 Å². The van der Waals surface area contributed by atoms with Gasteiger partial charge in [-0.3, -0.25) is 0 Å². The van der Waals surface area contributed by atoms with Crippen LogP contribution >= 0.6 is 0 Å². The van der Waals surface area contributed by atoms with Crippen LogP contribution in [0.15, 0.2) is 59.7 Å². The van der Waals surface area contributed by atoms with Crippen LogP contribution < -0.4 is 0 Å². The Bertz CT molecular complexity index is 1310. The van der Waals surface area contributed by atoms with E-state index in [1.807, 2.05) is 0 Å². The zero-order chi connectivity index (χ0) is 39.4. The van der Waals surface area contributed by atoms with Crippen molar-refractivity contribution in [2.45, 2.75) is 190 Å². The van der Waals surface area contributed by atoms with Crippen LogP contribution in [0.1, 0.15) is 200 Å². The second-order valence-corrected chi connectivity index (χ2v) is 17.4. The van der Waals surface area contributed by atoms with E-state index in [0.717, 1.165) is 61.0 Å². The van der Waals surface area contributed by atoms with Gasteiger partial charge in [-0.2, -0.15) is 0 Å². The van der Waals surface area contributed by atoms with Gasteiger partial charge < -0.3 is 5.53 Å². The molecule has 0 saturated heterocycles. The Hall–Kier alpha value is -1.90. The van der Waals surface area contributed by atoms with Crippen molar-refractivity contribution in [3.8, 4) is 0 Å². The molecule has 308 valence electrons. The molecule has 0 aliphatic carbocycles. The van der Waals surface area contributed by atoms with Crippen LogP contribution in [-0.2, 0) is 31.3 Å². The first-order chi connectivity index (χ1) is 26.4. The molecule has 0 radical (unpaired) electrons. The van der Waals surface area contributed by atoms with Crippen molar-refractivity contribution < 1.29 is 23.2 Å². The number of aryl methyl sites for hydroxylation is 2. The van der Waals surface area contributed by atoms with Crippen molar-refractivity contribution in [3.05, 3.63) is 87.5 Å². The van der Waals surface area contributed by atoms with Gasteiger partial charge in [-0.1, -0.05) is 135 Å². The van der Waals surface area contributed by atoms with Gasteiger partial charge in [0.05, 0.1) is 0 Å². The summed E-state index contributed by atoms with van der Waals surface area (Å²) in [5, 5.41) is 0. The zero-order valence-corrected chi connectivity index (χ0v) is 38.0. The van der Waals surface area contributed by atoms with Crippen LogP contribution in [0.5, 0.6) is 0 Å². The Morgan fingerprint density at radius 2 is 0.722 bits per heavy atom. The van der Waals surface area contributed by atoms with Crippen LogP contribution in [0.3, 0.4) is 0 Å². The van der Waals surface area contributed by atoms with Gasteiger partial charge in [-0.25, -0.2) is 4.70 Å². The van der Waals surface area contributed by atoms with Crippen LogP contribution in [-0.4, -0.2) is 37.9 Å². The molecule has 0 fully saturated rings. The summed E-state index contributed by atoms with van der Waals surface area (Å²) in [6, 6.07) is 18.2. The Kier molecular flexibility index (Phi) is 27.0. The van der Waals surface area contributed by atoms with Crippen LogP contribution in [0, 0.1) is 0 Å². The first-order valence-electron chi connectivity index (χ1n) is 22.7. The maximum absolute atomic E-state index is 11.9. The molecule has 0 unspecified atom stereocenters. The molecule has 1 heterocycles. The molecular weight excluding hydrogens is 751 g/mol. The number of allylic oxidation sites excluding steroid dienone is 2. The van der Waals surface area contributed by atoms with Crippen LogP contribution in [0.2, 0.25) is 0 Å². The Morgan fingerprint density at radius 1 is 0.407 bits per heavy atom. The average Bonchev–Trinajstić information content (AvgIpc) is 3.48. The van der Waals surface area contributed by atoms with Crippen molar-refractivity contribution in [1.29, 1.82) is 0 Å². The number of rotatable bonds is 29. The SMILES string of the molecule is CCCCCCCCc1ccc(C2=C(CCCC)C(CCCCC)=C(c3ccc(CCCCCCCC)cc3)[N+]2=[N-])cc1.CC[N](CC)[Pd][N](CC)CC. The summed E-state index contributed by atoms with van der Waals surface area (Å²) in [5.41, 5.74) is 21.7. The first-order valence-corrected chi connectivity index (χ1v) is 24.0. The zero-order valence-electron chi connectivity index (χ0n) is 36.4. The summed E-state index contributed by atoms with van der Waals surface area (Å²) in [6.45, 7) is 22.7. The second kappa shape index (κ2) is 30.3. The summed E-state index contributed by atoms with van der Waals surface area (Å²) in [7, 11) is 0. The summed E-state index contributed by atoms with van der Waals surface area (Å²) >= 11 is 0.686. The van der Waals surface area contributed by atoms with Gasteiger partial charge in [0.1, 0.15) is 0 Å². The third-order valence-corrected chi connectivity index (χ3v) is 13.6. The molecule has 0 bridgehead atoms. The van der Waals surface area contributed by atoms with Crippen LogP contribution in [0.25, 0.3) is 16.9 Å². The minimum atomic E-state index is 0.686. The molecule has 4 nitrogen and oxygen atoms in total. The van der Waals surface area contributed by atoms with E-state index in [1.165, 1.54) is 145 Å². The number of benzene rings is 2. The predicted molar refractivity (Wildman–Crippen MR) is 234 cm³/mol. The minimum absolute atomic E-state index is 0.686. The average molecular weight is 834 g/mol. The second-order valence-electron chi connectivity index (χ2n) is 15.1. The fourth-order valence-corrected chi connectivity index (χ4v) is 8.82. The molecule has 1 aliphatic heterocycles. The molecule has 3 rings (SSSR count). The van der Waals surface area contributed by atoms with Gasteiger partial charge >= 0.3 is 79.4 Å². The van der Waals surface area contributed by atoms with Gasteiger partial charge in [0.2, 0.25) is 11.4 Å². The fourth-order valence-electron chi connectivity index (χ4n) is 7.32. The van der Waals surface area contributed by atoms with Crippen molar-refractivity contribution in [1.82, 2.24) is 7.07 Å². The molecule has 0 aromatic heterocycles. The molecule has 2 aromatic carbocycles. The quantitative estimate of drug-likeness (QED) is 0.0465. The summed E-state index contributed by atoms with van der Waals surface area (Å²) in [4.78, 5) is 0. The normalized spacial score (nSPS) is 13.2. The predicted octanol–water partition coefficient (Wildman–Crippen LogP) is 15.0. The van der Waals surface area contributed by atoms with E-state index in [9.17, 15) is 5.53 Å². The van der Waals surface area contributed by atoms with E-state index in [2.05, 4.69) is 111 Å². The molecule has 0 N–H and O–H groups in total. The molecule has 1 aliphatic rings. The van der Waals surface area contributed by atoms with E-state index in [1.54, 1.807) is 4.70 Å². The Morgan fingerprint density at radius 3 is 1.09 bits per heavy atom. The summed E-state index contributed by atoms with van der Waals surface area (Å²) in [6.07, 6.45) is 26.2. The van der Waals surface area contributed by atoms with Crippen molar-refractivity contribution in [2.75, 3.05) is 26.2 Å². The fraction of sp³-hybridized carbons (Fsp3) is 0.673. The molecule has 0 amide bonds. The third-order valence-electron chi connectivity index (χ3n) is 10.7. The number of nitrogens with zero attached hydrogens (tertiary/aromatic N) is 4. The van der Waals surface area contributed by atoms with E-state index in [-0.39, 0.29) is 0 Å². The summed E-state index contributed by atoms with van der Waals surface area (Å²) < 4.78 is 6.53. The van der Waals surface area contributed by atoms with Gasteiger partial charge in [0.25, 0.3) is 0 Å².